The third-order valence-electron chi connectivity index (χ3n) is 1.07. The van der Waals surface area contributed by atoms with Crippen LogP contribution in [0.4, 0.5) is 0 Å². The molecule has 0 bridgehead atoms. The quantitative estimate of drug-likeness (QED) is 0.487. The van der Waals surface area contributed by atoms with Crippen LogP contribution in [0.5, 0.6) is 0 Å². The number of rotatable bonds is 2. The molecule has 8 N–H and O–H groups in total. The second-order valence-corrected chi connectivity index (χ2v) is 3.43. The van der Waals surface area contributed by atoms with E-state index >= 15 is 0 Å². The van der Waals surface area contributed by atoms with Gasteiger partial charge in [0.25, 0.3) is 0 Å². The van der Waals surface area contributed by atoms with Gasteiger partial charge in [-0.3, -0.25) is 0 Å². The first kappa shape index (κ1) is 19.2. The number of hydrogen-bond acceptors (Lipinski definition) is 4. The second kappa shape index (κ2) is 7.92. The Morgan fingerprint density at radius 2 is 1.21 bits per heavy atom. The van der Waals surface area contributed by atoms with Gasteiger partial charge in [-0.2, -0.15) is 0 Å². The van der Waals surface area contributed by atoms with E-state index in [0.29, 0.717) is 0 Å². The zero-order chi connectivity index (χ0) is 8.43. The third kappa shape index (κ3) is 4.18. The molecule has 14 heavy (non-hydrogen) atoms. The first-order chi connectivity index (χ1) is 5.13. The molecule has 1 saturated heterocycles. The summed E-state index contributed by atoms with van der Waals surface area (Å²) in [7, 11) is 0. The van der Waals surface area contributed by atoms with Gasteiger partial charge in [0.15, 0.2) is 0 Å². The van der Waals surface area contributed by atoms with Crippen molar-refractivity contribution >= 4 is 34.4 Å². The topological polar surface area (TPSA) is 188 Å². The molecule has 0 saturated carbocycles. The molecule has 0 spiro atoms. The van der Waals surface area contributed by atoms with Crippen molar-refractivity contribution in [3.63, 3.8) is 0 Å². The van der Waals surface area contributed by atoms with Gasteiger partial charge in [0, 0.05) is 0 Å². The Hall–Kier alpha value is -0.442. The average Bonchev–Trinajstić information content (AvgIpc) is 2.32. The summed E-state index contributed by atoms with van der Waals surface area (Å²) in [5.41, 5.74) is 0. The molecule has 1 heterocycles. The molecule has 0 aromatic heterocycles. The Morgan fingerprint density at radius 1 is 0.929 bits per heavy atom. The van der Waals surface area contributed by atoms with Crippen LogP contribution in [0.1, 0.15) is 0 Å². The van der Waals surface area contributed by atoms with E-state index < -0.39 is 46.6 Å². The number of carboxylic acid groups (broad SMARTS) is 2. The molecular weight excluding hydrogens is 314 g/mol. The van der Waals surface area contributed by atoms with E-state index in [4.69, 9.17) is 10.2 Å². The Balaban J connectivity index is -0.000000403. The summed E-state index contributed by atoms with van der Waals surface area (Å²) < 4.78 is 9.27. The van der Waals surface area contributed by atoms with Crippen molar-refractivity contribution in [2.45, 2.75) is 12.2 Å². The molecule has 0 amide bonds. The number of carboxylic acids is 2. The molecule has 1 fully saturated rings. The van der Waals surface area contributed by atoms with Gasteiger partial charge in [-0.15, -0.1) is 0 Å². The monoisotopic (exact) mass is 323 g/mol. The van der Waals surface area contributed by atoms with Crippen LogP contribution in [0.15, 0.2) is 0 Å². The van der Waals surface area contributed by atoms with Crippen molar-refractivity contribution in [3.05, 3.63) is 0 Å². The number of hydrogen-bond donors (Lipinski definition) is 2. The molecular formula is C4H10O9Sb. The normalized spacial score (nSPS) is 23.7. The van der Waals surface area contributed by atoms with Crippen molar-refractivity contribution in [3.8, 4) is 0 Å². The summed E-state index contributed by atoms with van der Waals surface area (Å²) in [5.74, 6) is -2.57. The maximum atomic E-state index is 10.3. The van der Waals surface area contributed by atoms with E-state index in [0.717, 1.165) is 0 Å². The van der Waals surface area contributed by atoms with Gasteiger partial charge in [-0.1, -0.05) is 0 Å². The fourth-order valence-corrected chi connectivity index (χ4v) is 2.39. The van der Waals surface area contributed by atoms with E-state index in [2.05, 4.69) is 6.03 Å². The van der Waals surface area contributed by atoms with Crippen LogP contribution in [-0.4, -0.2) is 73.2 Å². The van der Waals surface area contributed by atoms with Gasteiger partial charge in [-0.25, -0.2) is 0 Å². The van der Waals surface area contributed by atoms with Crippen LogP contribution in [0, 0.1) is 0 Å². The average molecular weight is 324 g/mol. The SMILES string of the molecule is O.O.O.O=C(O)C1[O][Sb][O]C1C(=O)O. The van der Waals surface area contributed by atoms with Crippen LogP contribution in [-0.2, 0) is 15.6 Å². The van der Waals surface area contributed by atoms with E-state index in [1.807, 2.05) is 0 Å². The standard InChI is InChI=1S/C4H4O6.3H2O.Sb/c5-1(3(7)8)2(6)4(9)10;;;;/h1-2H,(H,7,8)(H,9,10);3*1H2;/q-2;;;;+2. The van der Waals surface area contributed by atoms with Gasteiger partial charge < -0.3 is 16.4 Å². The van der Waals surface area contributed by atoms with Crippen molar-refractivity contribution in [1.82, 2.24) is 0 Å². The van der Waals surface area contributed by atoms with Gasteiger partial charge in [0.2, 0.25) is 0 Å². The molecule has 0 aromatic rings. The molecule has 1 aliphatic rings. The number of carbonyl (C=O) groups is 2. The fraction of sp³-hybridized carbons (Fsp3) is 0.500. The molecule has 0 aromatic carbocycles. The van der Waals surface area contributed by atoms with E-state index in [1.165, 1.54) is 0 Å². The van der Waals surface area contributed by atoms with Crippen LogP contribution in [0.25, 0.3) is 0 Å². The molecule has 1 rings (SSSR count). The molecule has 0 aliphatic carbocycles. The molecule has 2 unspecified atom stereocenters. The van der Waals surface area contributed by atoms with E-state index in [1.54, 1.807) is 0 Å². The maximum absolute atomic E-state index is 10.3. The minimum atomic E-state index is -1.49. The Morgan fingerprint density at radius 3 is 1.43 bits per heavy atom. The minimum absolute atomic E-state index is 0. The first-order valence-electron chi connectivity index (χ1n) is 2.60. The predicted octanol–water partition coefficient (Wildman–Crippen LogP) is -4.00. The molecule has 2 atom stereocenters. The molecule has 85 valence electrons. The molecule has 9 nitrogen and oxygen atoms in total. The second-order valence-electron chi connectivity index (χ2n) is 1.80. The van der Waals surface area contributed by atoms with Crippen molar-refractivity contribution < 1.29 is 42.3 Å². The van der Waals surface area contributed by atoms with Crippen LogP contribution >= 0.6 is 0 Å². The van der Waals surface area contributed by atoms with Gasteiger partial charge >= 0.3 is 72.4 Å². The zero-order valence-corrected chi connectivity index (χ0v) is 9.18. The van der Waals surface area contributed by atoms with E-state index in [9.17, 15) is 9.59 Å². The third-order valence-corrected chi connectivity index (χ3v) is 2.86. The predicted molar refractivity (Wildman–Crippen MR) is 41.6 cm³/mol. The van der Waals surface area contributed by atoms with Crippen molar-refractivity contribution in [1.29, 1.82) is 0 Å². The van der Waals surface area contributed by atoms with Crippen molar-refractivity contribution in [2.24, 2.45) is 0 Å². The summed E-state index contributed by atoms with van der Waals surface area (Å²) in [4.78, 5) is 20.5. The van der Waals surface area contributed by atoms with E-state index in [-0.39, 0.29) is 16.4 Å². The van der Waals surface area contributed by atoms with Gasteiger partial charge in [0.05, 0.1) is 0 Å². The molecule has 1 aliphatic heterocycles. The van der Waals surface area contributed by atoms with Crippen LogP contribution in [0.3, 0.4) is 0 Å². The summed E-state index contributed by atoms with van der Waals surface area (Å²) in [6.07, 6.45) is -2.63. The van der Waals surface area contributed by atoms with Crippen LogP contribution in [0.2, 0.25) is 0 Å². The van der Waals surface area contributed by atoms with Gasteiger partial charge in [-0.05, 0) is 0 Å². The fourth-order valence-electron chi connectivity index (χ4n) is 0.577. The Bertz CT molecular complexity index is 173. The number of aliphatic carboxylic acids is 2. The molecule has 1 radical (unpaired) electrons. The zero-order valence-electron chi connectivity index (χ0n) is 6.63. The summed E-state index contributed by atoms with van der Waals surface area (Å²) in [6.45, 7) is 0. The summed E-state index contributed by atoms with van der Waals surface area (Å²) in [6, 6.07) is 0. The van der Waals surface area contributed by atoms with Gasteiger partial charge in [0.1, 0.15) is 0 Å². The Labute approximate surface area is 89.2 Å². The summed E-state index contributed by atoms with van der Waals surface area (Å²) >= 11 is -1.49. The van der Waals surface area contributed by atoms with Crippen molar-refractivity contribution in [2.75, 3.05) is 0 Å². The van der Waals surface area contributed by atoms with Crippen LogP contribution < -0.4 is 0 Å². The first-order valence-corrected chi connectivity index (χ1v) is 4.69. The molecule has 10 heteroatoms. The summed E-state index contributed by atoms with van der Waals surface area (Å²) in [5, 5.41) is 16.8. The Kier molecular flexibility index (Phi) is 10.8.